The van der Waals surface area contributed by atoms with Gasteiger partial charge in [-0.25, -0.2) is 4.98 Å². The van der Waals surface area contributed by atoms with E-state index in [2.05, 4.69) is 40.6 Å². The predicted octanol–water partition coefficient (Wildman–Crippen LogP) is 3.25. The van der Waals surface area contributed by atoms with Crippen molar-refractivity contribution in [2.24, 2.45) is 4.99 Å². The first-order chi connectivity index (χ1) is 10.4. The number of aromatic nitrogens is 1. The number of nitrogens with one attached hydrogen (secondary N) is 1. The highest BCUT2D eigenvalue weighted by atomic mass is 15.1. The van der Waals surface area contributed by atoms with E-state index in [1.807, 2.05) is 30.3 Å². The maximum atomic E-state index is 4.87. The molecular formula is C18H15N3. The number of para-hydroxylation sites is 1. The van der Waals surface area contributed by atoms with E-state index in [1.165, 1.54) is 0 Å². The zero-order valence-electron chi connectivity index (χ0n) is 11.6. The first kappa shape index (κ1) is 12.1. The average Bonchev–Trinajstić information content (AvgIpc) is 3.09. The number of hydrogen-bond donors (Lipinski definition) is 1. The predicted molar refractivity (Wildman–Crippen MR) is 86.6 cm³/mol. The zero-order chi connectivity index (χ0) is 14.1. The van der Waals surface area contributed by atoms with Crippen LogP contribution in [0.3, 0.4) is 0 Å². The Morgan fingerprint density at radius 2 is 1.71 bits per heavy atom. The summed E-state index contributed by atoms with van der Waals surface area (Å²) in [7, 11) is 0. The molecule has 3 heteroatoms. The normalized spacial score (nSPS) is 14.0. The van der Waals surface area contributed by atoms with Gasteiger partial charge in [-0.1, -0.05) is 48.5 Å². The molecule has 0 spiro atoms. The standard InChI is InChI=1S/C18H15N3/c1-2-6-13(7-3-1)17-15(18-19-10-11-20-18)12-14-8-4-5-9-16(14)21-17/h1-9,12H,10-11H2,(H,19,20). The van der Waals surface area contributed by atoms with Crippen LogP contribution < -0.4 is 5.32 Å². The highest BCUT2D eigenvalue weighted by Gasteiger charge is 2.16. The molecule has 4 rings (SSSR count). The number of pyridine rings is 1. The Kier molecular flexibility index (Phi) is 2.89. The quantitative estimate of drug-likeness (QED) is 0.778. The molecule has 3 aromatic rings. The van der Waals surface area contributed by atoms with Crippen LogP contribution in [0, 0.1) is 0 Å². The zero-order valence-corrected chi connectivity index (χ0v) is 11.6. The Hall–Kier alpha value is -2.68. The molecule has 0 fully saturated rings. The summed E-state index contributed by atoms with van der Waals surface area (Å²) in [5, 5.41) is 4.50. The molecule has 0 saturated heterocycles. The summed E-state index contributed by atoms with van der Waals surface area (Å²) in [4.78, 5) is 9.43. The van der Waals surface area contributed by atoms with Gasteiger partial charge in [-0.15, -0.1) is 0 Å². The molecule has 0 amide bonds. The lowest BCUT2D eigenvalue weighted by Crippen LogP contribution is -2.20. The molecule has 2 heterocycles. The van der Waals surface area contributed by atoms with E-state index in [1.54, 1.807) is 0 Å². The number of amidine groups is 1. The third kappa shape index (κ3) is 2.17. The van der Waals surface area contributed by atoms with Crippen LogP contribution in [0.25, 0.3) is 22.2 Å². The molecule has 3 nitrogen and oxygen atoms in total. The number of aliphatic imine (C=N–C) groups is 1. The molecule has 21 heavy (non-hydrogen) atoms. The van der Waals surface area contributed by atoms with Gasteiger partial charge in [0.25, 0.3) is 0 Å². The fraction of sp³-hybridized carbons (Fsp3) is 0.111. The van der Waals surface area contributed by atoms with Gasteiger partial charge >= 0.3 is 0 Å². The molecule has 102 valence electrons. The summed E-state index contributed by atoms with van der Waals surface area (Å²) >= 11 is 0. The van der Waals surface area contributed by atoms with E-state index < -0.39 is 0 Å². The van der Waals surface area contributed by atoms with Crippen LogP contribution in [0.4, 0.5) is 0 Å². The summed E-state index contributed by atoms with van der Waals surface area (Å²) in [5.41, 5.74) is 4.20. The Morgan fingerprint density at radius 3 is 2.52 bits per heavy atom. The summed E-state index contributed by atoms with van der Waals surface area (Å²) in [6.07, 6.45) is 0. The Morgan fingerprint density at radius 1 is 0.905 bits per heavy atom. The van der Waals surface area contributed by atoms with Gasteiger partial charge in [-0.05, 0) is 12.1 Å². The minimum Gasteiger partial charge on any atom is -0.368 e. The van der Waals surface area contributed by atoms with Crippen LogP contribution in [-0.2, 0) is 0 Å². The lowest BCUT2D eigenvalue weighted by Gasteiger charge is -2.11. The summed E-state index contributed by atoms with van der Waals surface area (Å²) < 4.78 is 0. The van der Waals surface area contributed by atoms with E-state index in [-0.39, 0.29) is 0 Å². The number of benzene rings is 2. The van der Waals surface area contributed by atoms with Crippen LogP contribution >= 0.6 is 0 Å². The molecule has 0 atom stereocenters. The summed E-state index contributed by atoms with van der Waals surface area (Å²) in [5.74, 6) is 0.951. The van der Waals surface area contributed by atoms with Crippen LogP contribution in [0.1, 0.15) is 5.56 Å². The Labute approximate surface area is 123 Å². The molecule has 2 aromatic carbocycles. The van der Waals surface area contributed by atoms with Gasteiger partial charge in [0.2, 0.25) is 0 Å². The molecule has 1 aliphatic heterocycles. The summed E-state index contributed by atoms with van der Waals surface area (Å²) in [6, 6.07) is 20.7. The van der Waals surface area contributed by atoms with Crippen molar-refractivity contribution in [2.75, 3.05) is 13.1 Å². The minimum atomic E-state index is 0.830. The fourth-order valence-electron chi connectivity index (χ4n) is 2.69. The number of nitrogens with zero attached hydrogens (tertiary/aromatic N) is 2. The van der Waals surface area contributed by atoms with Crippen molar-refractivity contribution in [2.45, 2.75) is 0 Å². The number of fused-ring (bicyclic) bond motifs is 1. The summed E-state index contributed by atoms with van der Waals surface area (Å²) in [6.45, 7) is 1.73. The van der Waals surface area contributed by atoms with Crippen molar-refractivity contribution >= 4 is 16.7 Å². The molecule has 0 aliphatic carbocycles. The van der Waals surface area contributed by atoms with Gasteiger partial charge < -0.3 is 5.32 Å². The van der Waals surface area contributed by atoms with Gasteiger partial charge in [0, 0.05) is 23.1 Å². The maximum Gasteiger partial charge on any atom is 0.130 e. The largest absolute Gasteiger partial charge is 0.368 e. The van der Waals surface area contributed by atoms with Crippen LogP contribution in [0.2, 0.25) is 0 Å². The Bertz CT molecular complexity index is 822. The first-order valence-corrected chi connectivity index (χ1v) is 7.16. The van der Waals surface area contributed by atoms with E-state index in [4.69, 9.17) is 4.98 Å². The number of hydrogen-bond acceptors (Lipinski definition) is 3. The third-order valence-corrected chi connectivity index (χ3v) is 3.70. The second kappa shape index (κ2) is 5.02. The van der Waals surface area contributed by atoms with Crippen LogP contribution in [0.5, 0.6) is 0 Å². The monoisotopic (exact) mass is 273 g/mol. The van der Waals surface area contributed by atoms with Gasteiger partial charge in [0.15, 0.2) is 0 Å². The minimum absolute atomic E-state index is 0.830. The third-order valence-electron chi connectivity index (χ3n) is 3.70. The highest BCUT2D eigenvalue weighted by molar-refractivity contribution is 6.07. The van der Waals surface area contributed by atoms with Gasteiger partial charge in [0.1, 0.15) is 5.84 Å². The van der Waals surface area contributed by atoms with Crippen molar-refractivity contribution in [3.63, 3.8) is 0 Å². The van der Waals surface area contributed by atoms with Crippen LogP contribution in [-0.4, -0.2) is 23.9 Å². The average molecular weight is 273 g/mol. The van der Waals surface area contributed by atoms with Gasteiger partial charge in [-0.2, -0.15) is 0 Å². The van der Waals surface area contributed by atoms with Crippen molar-refractivity contribution < 1.29 is 0 Å². The van der Waals surface area contributed by atoms with E-state index in [0.717, 1.165) is 46.6 Å². The first-order valence-electron chi connectivity index (χ1n) is 7.16. The van der Waals surface area contributed by atoms with E-state index >= 15 is 0 Å². The van der Waals surface area contributed by atoms with Crippen LogP contribution in [0.15, 0.2) is 65.7 Å². The lowest BCUT2D eigenvalue weighted by molar-refractivity contribution is 0.960. The Balaban J connectivity index is 2.00. The maximum absolute atomic E-state index is 4.87. The van der Waals surface area contributed by atoms with Gasteiger partial charge in [0.05, 0.1) is 17.8 Å². The number of rotatable bonds is 2. The molecule has 1 aliphatic rings. The van der Waals surface area contributed by atoms with E-state index in [0.29, 0.717) is 0 Å². The topological polar surface area (TPSA) is 37.3 Å². The van der Waals surface area contributed by atoms with Crippen molar-refractivity contribution in [3.8, 4) is 11.3 Å². The van der Waals surface area contributed by atoms with Gasteiger partial charge in [-0.3, -0.25) is 4.99 Å². The lowest BCUT2D eigenvalue weighted by atomic mass is 10.0. The van der Waals surface area contributed by atoms with Crippen molar-refractivity contribution in [1.29, 1.82) is 0 Å². The van der Waals surface area contributed by atoms with E-state index in [9.17, 15) is 0 Å². The molecule has 0 bridgehead atoms. The molecule has 1 N–H and O–H groups in total. The second-order valence-electron chi connectivity index (χ2n) is 5.10. The smallest absolute Gasteiger partial charge is 0.130 e. The molecule has 1 aromatic heterocycles. The SMILES string of the molecule is c1ccc(-c2nc3ccccc3cc2C2=NCCN2)cc1. The van der Waals surface area contributed by atoms with Crippen molar-refractivity contribution in [3.05, 3.63) is 66.2 Å². The van der Waals surface area contributed by atoms with Crippen molar-refractivity contribution in [1.82, 2.24) is 10.3 Å². The fourth-order valence-corrected chi connectivity index (χ4v) is 2.69. The molecule has 0 radical (unpaired) electrons. The highest BCUT2D eigenvalue weighted by Crippen LogP contribution is 2.26. The molecular weight excluding hydrogens is 258 g/mol. The second-order valence-corrected chi connectivity index (χ2v) is 5.10. The molecule has 0 unspecified atom stereocenters. The molecule has 0 saturated carbocycles.